The van der Waals surface area contributed by atoms with Gasteiger partial charge in [0, 0.05) is 17.0 Å². The van der Waals surface area contributed by atoms with Crippen LogP contribution in [0.25, 0.3) is 44.2 Å². The summed E-state index contributed by atoms with van der Waals surface area (Å²) in [5.74, 6) is 0.584. The smallest absolute Gasteiger partial charge is 0.276 e. The minimum atomic E-state index is -0.446. The van der Waals surface area contributed by atoms with E-state index in [1.165, 1.54) is 11.8 Å². The fraction of sp³-hybridized carbons (Fsp3) is 0.0312. The Labute approximate surface area is 240 Å². The quantitative estimate of drug-likeness (QED) is 0.0977. The SMILES string of the molecule is [C-]#[N+]c1c(-c2ccc(-c3ccccc3)cc2)nc(SCc2ccc(-n3cc(-c4ccc(N)cc4)nn3)cc2)[nH]c1=O. The lowest BCUT2D eigenvalue weighted by molar-refractivity contribution is 0.803. The van der Waals surface area contributed by atoms with Crippen LogP contribution in [0.15, 0.2) is 119 Å². The molecule has 0 spiro atoms. The zero-order valence-electron chi connectivity index (χ0n) is 21.7. The van der Waals surface area contributed by atoms with Crippen LogP contribution >= 0.6 is 11.8 Å². The van der Waals surface area contributed by atoms with Crippen LogP contribution in [0.2, 0.25) is 0 Å². The highest BCUT2D eigenvalue weighted by molar-refractivity contribution is 7.98. The van der Waals surface area contributed by atoms with E-state index >= 15 is 0 Å². The van der Waals surface area contributed by atoms with Gasteiger partial charge < -0.3 is 10.7 Å². The van der Waals surface area contributed by atoms with E-state index in [2.05, 4.69) is 25.1 Å². The Morgan fingerprint density at radius 2 is 1.49 bits per heavy atom. The molecule has 0 saturated heterocycles. The number of nitrogen functional groups attached to an aromatic ring is 1. The van der Waals surface area contributed by atoms with E-state index in [1.54, 1.807) is 4.68 Å². The van der Waals surface area contributed by atoms with Crippen LogP contribution in [-0.2, 0) is 5.75 Å². The van der Waals surface area contributed by atoms with E-state index in [1.807, 2.05) is 109 Å². The maximum atomic E-state index is 12.7. The molecule has 9 heteroatoms. The summed E-state index contributed by atoms with van der Waals surface area (Å²) >= 11 is 1.41. The first-order valence-corrected chi connectivity index (χ1v) is 13.7. The van der Waals surface area contributed by atoms with Gasteiger partial charge in [-0.05, 0) is 46.5 Å². The average Bonchev–Trinajstić information content (AvgIpc) is 3.51. The molecule has 0 aliphatic heterocycles. The highest BCUT2D eigenvalue weighted by atomic mass is 32.2. The maximum absolute atomic E-state index is 12.7. The molecule has 0 amide bonds. The molecule has 2 heterocycles. The third-order valence-electron chi connectivity index (χ3n) is 6.53. The van der Waals surface area contributed by atoms with Gasteiger partial charge in [-0.2, -0.15) is 0 Å². The van der Waals surface area contributed by atoms with Crippen LogP contribution in [0.5, 0.6) is 0 Å². The lowest BCUT2D eigenvalue weighted by Crippen LogP contribution is -2.09. The molecule has 0 aliphatic rings. The number of benzene rings is 4. The van der Waals surface area contributed by atoms with E-state index < -0.39 is 5.56 Å². The number of nitrogens with one attached hydrogen (secondary N) is 1. The van der Waals surface area contributed by atoms with Crippen LogP contribution in [-0.4, -0.2) is 25.0 Å². The van der Waals surface area contributed by atoms with Crippen LogP contribution < -0.4 is 11.3 Å². The monoisotopic (exact) mass is 553 g/mol. The predicted molar refractivity (Wildman–Crippen MR) is 163 cm³/mol. The molecule has 4 aromatic carbocycles. The Bertz CT molecular complexity index is 1910. The van der Waals surface area contributed by atoms with Crippen molar-refractivity contribution < 1.29 is 0 Å². The highest BCUT2D eigenvalue weighted by Gasteiger charge is 2.15. The van der Waals surface area contributed by atoms with Crippen molar-refractivity contribution in [3.8, 4) is 39.3 Å². The fourth-order valence-electron chi connectivity index (χ4n) is 4.34. The van der Waals surface area contributed by atoms with Gasteiger partial charge in [0.1, 0.15) is 5.69 Å². The van der Waals surface area contributed by atoms with Gasteiger partial charge in [0.15, 0.2) is 5.16 Å². The molecule has 0 atom stereocenters. The Balaban J connectivity index is 1.18. The second kappa shape index (κ2) is 11.3. The Hall–Kier alpha value is -5.46. The van der Waals surface area contributed by atoms with Crippen molar-refractivity contribution in [2.75, 3.05) is 5.73 Å². The lowest BCUT2D eigenvalue weighted by atomic mass is 10.0. The van der Waals surface area contributed by atoms with Gasteiger partial charge >= 0.3 is 0 Å². The van der Waals surface area contributed by atoms with Crippen LogP contribution in [0, 0.1) is 6.57 Å². The molecule has 0 unspecified atom stereocenters. The molecule has 8 nitrogen and oxygen atoms in total. The lowest BCUT2D eigenvalue weighted by Gasteiger charge is -2.09. The fourth-order valence-corrected chi connectivity index (χ4v) is 5.16. The molecule has 6 aromatic rings. The van der Waals surface area contributed by atoms with Crippen molar-refractivity contribution in [3.63, 3.8) is 0 Å². The van der Waals surface area contributed by atoms with E-state index in [-0.39, 0.29) is 5.69 Å². The number of hydrogen-bond donors (Lipinski definition) is 2. The van der Waals surface area contributed by atoms with Gasteiger partial charge in [0.05, 0.1) is 24.2 Å². The third-order valence-corrected chi connectivity index (χ3v) is 7.47. The summed E-state index contributed by atoms with van der Waals surface area (Å²) in [4.78, 5) is 23.6. The second-order valence-electron chi connectivity index (χ2n) is 9.25. The summed E-state index contributed by atoms with van der Waals surface area (Å²) in [7, 11) is 0. The van der Waals surface area contributed by atoms with Crippen molar-refractivity contribution >= 4 is 23.1 Å². The number of aromatic amines is 1. The van der Waals surface area contributed by atoms with Crippen LogP contribution in [0.1, 0.15) is 5.56 Å². The van der Waals surface area contributed by atoms with E-state index in [9.17, 15) is 4.79 Å². The minimum absolute atomic E-state index is 0.0164. The molecule has 0 bridgehead atoms. The Kier molecular flexibility index (Phi) is 7.13. The van der Waals surface area contributed by atoms with Gasteiger partial charge in [0.2, 0.25) is 0 Å². The van der Waals surface area contributed by atoms with E-state index in [0.29, 0.717) is 22.3 Å². The molecular formula is C32H23N7OS. The molecular weight excluding hydrogens is 530 g/mol. The van der Waals surface area contributed by atoms with Crippen molar-refractivity contribution in [3.05, 3.63) is 137 Å². The van der Waals surface area contributed by atoms with Crippen molar-refractivity contribution in [2.24, 2.45) is 0 Å². The maximum Gasteiger partial charge on any atom is 0.276 e. The average molecular weight is 554 g/mol. The standard InChI is InChI=1S/C32H23N7OS/c1-34-30-29(25-11-9-23(10-12-25)22-5-3-2-4-6-22)35-32(36-31(30)40)41-20-21-7-17-27(18-8-21)39-19-28(37-38-39)24-13-15-26(33)16-14-24/h2-19H,20,33H2,(H,35,36,40). The number of aromatic nitrogens is 5. The van der Waals surface area contributed by atoms with Crippen molar-refractivity contribution in [2.45, 2.75) is 10.9 Å². The first-order valence-electron chi connectivity index (χ1n) is 12.8. The Morgan fingerprint density at radius 3 is 2.20 bits per heavy atom. The number of anilines is 1. The summed E-state index contributed by atoms with van der Waals surface area (Å²) in [6.07, 6.45) is 1.87. The van der Waals surface area contributed by atoms with Gasteiger partial charge in [-0.1, -0.05) is 95.8 Å². The molecule has 0 radical (unpaired) electrons. The second-order valence-corrected chi connectivity index (χ2v) is 10.2. The topological polar surface area (TPSA) is 107 Å². The zero-order chi connectivity index (χ0) is 28.2. The number of rotatable bonds is 7. The molecule has 3 N–H and O–H groups in total. The predicted octanol–water partition coefficient (Wildman–Crippen LogP) is 6.78. The molecule has 6 rings (SSSR count). The summed E-state index contributed by atoms with van der Waals surface area (Å²) in [5.41, 5.74) is 12.9. The first kappa shape index (κ1) is 25.8. The summed E-state index contributed by atoms with van der Waals surface area (Å²) in [6.45, 7) is 7.55. The number of hydrogen-bond acceptors (Lipinski definition) is 6. The van der Waals surface area contributed by atoms with Gasteiger partial charge in [-0.15, -0.1) is 5.10 Å². The molecule has 0 aliphatic carbocycles. The van der Waals surface area contributed by atoms with E-state index in [0.717, 1.165) is 39.2 Å². The summed E-state index contributed by atoms with van der Waals surface area (Å²) in [6, 6.07) is 33.2. The molecule has 0 fully saturated rings. The van der Waals surface area contributed by atoms with Gasteiger partial charge in [0.25, 0.3) is 11.2 Å². The van der Waals surface area contributed by atoms with Crippen molar-refractivity contribution in [1.82, 2.24) is 25.0 Å². The molecule has 198 valence electrons. The third kappa shape index (κ3) is 5.64. The summed E-state index contributed by atoms with van der Waals surface area (Å²) < 4.78 is 1.72. The summed E-state index contributed by atoms with van der Waals surface area (Å²) in [5, 5.41) is 8.98. The Morgan fingerprint density at radius 1 is 0.829 bits per heavy atom. The molecule has 41 heavy (non-hydrogen) atoms. The number of nitrogens with two attached hydrogens (primary N) is 1. The largest absolute Gasteiger partial charge is 0.399 e. The normalized spacial score (nSPS) is 10.8. The molecule has 0 saturated carbocycles. The minimum Gasteiger partial charge on any atom is -0.399 e. The van der Waals surface area contributed by atoms with Crippen LogP contribution in [0.3, 0.4) is 0 Å². The number of H-pyrrole nitrogens is 1. The number of thioether (sulfide) groups is 1. The van der Waals surface area contributed by atoms with Crippen molar-refractivity contribution in [1.29, 1.82) is 0 Å². The highest BCUT2D eigenvalue weighted by Crippen LogP contribution is 2.30. The van der Waals surface area contributed by atoms with E-state index in [4.69, 9.17) is 12.3 Å². The zero-order valence-corrected chi connectivity index (χ0v) is 22.5. The van der Waals surface area contributed by atoms with Gasteiger partial charge in [-0.25, -0.2) is 14.5 Å². The first-order chi connectivity index (χ1) is 20.1. The van der Waals surface area contributed by atoms with Gasteiger partial charge in [-0.3, -0.25) is 4.79 Å². The van der Waals surface area contributed by atoms with Crippen LogP contribution in [0.4, 0.5) is 11.4 Å². The molecule has 2 aromatic heterocycles. The number of nitrogens with zero attached hydrogens (tertiary/aromatic N) is 5.